The van der Waals surface area contributed by atoms with Gasteiger partial charge in [-0.1, -0.05) is 60.9 Å². The number of rotatable bonds is 6. The van der Waals surface area contributed by atoms with E-state index in [0.717, 1.165) is 17.5 Å². The summed E-state index contributed by atoms with van der Waals surface area (Å²) >= 11 is 6.76. The van der Waals surface area contributed by atoms with Crippen molar-refractivity contribution in [3.05, 3.63) is 69.8 Å². The van der Waals surface area contributed by atoms with E-state index in [0.29, 0.717) is 61.4 Å². The van der Waals surface area contributed by atoms with Gasteiger partial charge in [-0.2, -0.15) is 0 Å². The van der Waals surface area contributed by atoms with E-state index in [-0.39, 0.29) is 11.8 Å². The molecule has 1 aliphatic heterocycles. The standard InChI is InChI=1S/C31H37ClN2O3/c1-4-6-21-17-26(20(3)5-2)25-10-7-22(18-27(21)25)24-9-8-23(19-28(24)32)29(35)33-13-15-34(16-14-33)30(36)31(37)11-12-31/h5,7-10,18-19,21,26,37H,4,6,11-17H2,1-3H3. The lowest BCUT2D eigenvalue weighted by Crippen LogP contribution is -2.53. The van der Waals surface area contributed by atoms with Crippen LogP contribution in [0.5, 0.6) is 0 Å². The third kappa shape index (κ3) is 4.96. The Labute approximate surface area is 225 Å². The van der Waals surface area contributed by atoms with Crippen LogP contribution in [0.1, 0.15) is 86.2 Å². The molecule has 2 amide bonds. The Morgan fingerprint density at radius 2 is 1.76 bits per heavy atom. The van der Waals surface area contributed by atoms with Crippen molar-refractivity contribution in [3.8, 4) is 11.1 Å². The highest BCUT2D eigenvalue weighted by atomic mass is 35.5. The van der Waals surface area contributed by atoms with Crippen molar-refractivity contribution in [3.63, 3.8) is 0 Å². The second-order valence-corrected chi connectivity index (χ2v) is 11.4. The van der Waals surface area contributed by atoms with Crippen molar-refractivity contribution >= 4 is 23.4 Å². The molecule has 2 unspecified atom stereocenters. The molecule has 1 saturated carbocycles. The minimum atomic E-state index is -1.16. The van der Waals surface area contributed by atoms with Crippen LogP contribution in [-0.4, -0.2) is 58.5 Å². The number of hydrogen-bond acceptors (Lipinski definition) is 3. The summed E-state index contributed by atoms with van der Waals surface area (Å²) in [5, 5.41) is 10.7. The minimum Gasteiger partial charge on any atom is -0.380 e. The van der Waals surface area contributed by atoms with Crippen molar-refractivity contribution in [2.75, 3.05) is 26.2 Å². The summed E-state index contributed by atoms with van der Waals surface area (Å²) < 4.78 is 0. The molecule has 2 atom stereocenters. The second kappa shape index (κ2) is 10.3. The van der Waals surface area contributed by atoms with Crippen LogP contribution < -0.4 is 0 Å². The normalized spacial score (nSPS) is 22.7. The maximum absolute atomic E-state index is 13.2. The Morgan fingerprint density at radius 3 is 2.38 bits per heavy atom. The molecule has 5 rings (SSSR count). The zero-order valence-electron chi connectivity index (χ0n) is 22.1. The van der Waals surface area contributed by atoms with Gasteiger partial charge in [-0.05, 0) is 74.3 Å². The highest BCUT2D eigenvalue weighted by Gasteiger charge is 2.50. The number of nitrogens with zero attached hydrogens (tertiary/aromatic N) is 2. The number of halogens is 1. The Balaban J connectivity index is 1.32. The number of fused-ring (bicyclic) bond motifs is 1. The van der Waals surface area contributed by atoms with E-state index in [9.17, 15) is 14.7 Å². The second-order valence-electron chi connectivity index (χ2n) is 11.0. The van der Waals surface area contributed by atoms with Crippen LogP contribution in [0.2, 0.25) is 5.02 Å². The summed E-state index contributed by atoms with van der Waals surface area (Å²) in [4.78, 5) is 29.0. The third-order valence-electron chi connectivity index (χ3n) is 8.57. The van der Waals surface area contributed by atoms with Crippen molar-refractivity contribution in [1.29, 1.82) is 0 Å². The Morgan fingerprint density at radius 1 is 1.05 bits per heavy atom. The molecular weight excluding hydrogens is 484 g/mol. The van der Waals surface area contributed by atoms with E-state index in [1.54, 1.807) is 15.9 Å². The average Bonchev–Trinajstić information content (AvgIpc) is 3.58. The van der Waals surface area contributed by atoms with E-state index < -0.39 is 5.60 Å². The molecule has 0 spiro atoms. The molecule has 2 aromatic rings. The topological polar surface area (TPSA) is 60.9 Å². The number of carbonyl (C=O) groups excluding carboxylic acids is 2. The van der Waals surface area contributed by atoms with Gasteiger partial charge in [0.25, 0.3) is 11.8 Å². The van der Waals surface area contributed by atoms with Crippen LogP contribution in [0.25, 0.3) is 11.1 Å². The number of amides is 2. The molecule has 1 heterocycles. The molecule has 2 aromatic carbocycles. The van der Waals surface area contributed by atoms with Crippen LogP contribution in [-0.2, 0) is 4.79 Å². The van der Waals surface area contributed by atoms with E-state index >= 15 is 0 Å². The van der Waals surface area contributed by atoms with Crippen LogP contribution in [0.3, 0.4) is 0 Å². The summed E-state index contributed by atoms with van der Waals surface area (Å²) in [7, 11) is 0. The van der Waals surface area contributed by atoms with Crippen LogP contribution in [0.4, 0.5) is 0 Å². The van der Waals surface area contributed by atoms with Crippen molar-refractivity contribution < 1.29 is 14.7 Å². The molecule has 37 heavy (non-hydrogen) atoms. The quantitative estimate of drug-likeness (QED) is 0.464. The summed E-state index contributed by atoms with van der Waals surface area (Å²) in [5.41, 5.74) is 5.74. The Hall–Kier alpha value is -2.63. The molecule has 0 bridgehead atoms. The molecule has 2 fully saturated rings. The molecule has 5 nitrogen and oxygen atoms in total. The average molecular weight is 521 g/mol. The Kier molecular flexibility index (Phi) is 7.21. The summed E-state index contributed by atoms with van der Waals surface area (Å²) in [6.07, 6.45) is 6.82. The van der Waals surface area contributed by atoms with Crippen molar-refractivity contribution in [1.82, 2.24) is 9.80 Å². The fraction of sp³-hybridized carbons (Fsp3) is 0.484. The predicted octanol–water partition coefficient (Wildman–Crippen LogP) is 6.15. The fourth-order valence-electron chi connectivity index (χ4n) is 6.01. The monoisotopic (exact) mass is 520 g/mol. The van der Waals surface area contributed by atoms with E-state index in [1.165, 1.54) is 29.5 Å². The van der Waals surface area contributed by atoms with Gasteiger partial charge in [-0.3, -0.25) is 9.59 Å². The highest BCUT2D eigenvalue weighted by molar-refractivity contribution is 6.33. The SMILES string of the molecule is CC=C(C)C1CC(CCC)c2cc(-c3ccc(C(=O)N4CCN(C(=O)C5(O)CC5)CC4)cc3Cl)ccc21. The minimum absolute atomic E-state index is 0.0766. The largest absolute Gasteiger partial charge is 0.380 e. The third-order valence-corrected chi connectivity index (χ3v) is 8.88. The zero-order valence-corrected chi connectivity index (χ0v) is 22.9. The lowest BCUT2D eigenvalue weighted by Gasteiger charge is -2.35. The van der Waals surface area contributed by atoms with Gasteiger partial charge in [-0.15, -0.1) is 0 Å². The summed E-state index contributed by atoms with van der Waals surface area (Å²) in [6, 6.07) is 12.3. The van der Waals surface area contributed by atoms with Gasteiger partial charge in [0.15, 0.2) is 0 Å². The van der Waals surface area contributed by atoms with Gasteiger partial charge >= 0.3 is 0 Å². The van der Waals surface area contributed by atoms with E-state index in [1.807, 2.05) is 12.1 Å². The first-order valence-corrected chi connectivity index (χ1v) is 14.0. The van der Waals surface area contributed by atoms with Crippen LogP contribution in [0, 0.1) is 0 Å². The van der Waals surface area contributed by atoms with Crippen molar-refractivity contribution in [2.45, 2.75) is 70.3 Å². The number of aliphatic hydroxyl groups is 1. The molecule has 0 radical (unpaired) electrons. The van der Waals surface area contributed by atoms with Gasteiger partial charge in [0.2, 0.25) is 0 Å². The number of benzene rings is 2. The maximum atomic E-state index is 13.2. The van der Waals surface area contributed by atoms with Gasteiger partial charge in [0, 0.05) is 48.2 Å². The lowest BCUT2D eigenvalue weighted by molar-refractivity contribution is -0.143. The molecule has 2 aliphatic carbocycles. The number of piperazine rings is 1. The fourth-order valence-corrected chi connectivity index (χ4v) is 6.30. The highest BCUT2D eigenvalue weighted by Crippen LogP contribution is 2.48. The van der Waals surface area contributed by atoms with E-state index in [4.69, 9.17) is 11.6 Å². The first-order valence-electron chi connectivity index (χ1n) is 13.6. The summed E-state index contributed by atoms with van der Waals surface area (Å²) in [5.74, 6) is 0.775. The molecule has 0 aromatic heterocycles. The molecule has 1 saturated heterocycles. The predicted molar refractivity (Wildman–Crippen MR) is 148 cm³/mol. The lowest BCUT2D eigenvalue weighted by atomic mass is 9.92. The maximum Gasteiger partial charge on any atom is 0.254 e. The number of hydrogen-bond donors (Lipinski definition) is 1. The molecule has 196 valence electrons. The van der Waals surface area contributed by atoms with Gasteiger partial charge in [0.1, 0.15) is 5.60 Å². The Bertz CT molecular complexity index is 1240. The van der Waals surface area contributed by atoms with Gasteiger partial charge in [0.05, 0.1) is 0 Å². The van der Waals surface area contributed by atoms with Crippen LogP contribution >= 0.6 is 11.6 Å². The van der Waals surface area contributed by atoms with Gasteiger partial charge in [-0.25, -0.2) is 0 Å². The van der Waals surface area contributed by atoms with E-state index in [2.05, 4.69) is 45.0 Å². The number of carbonyl (C=O) groups is 2. The first-order chi connectivity index (χ1) is 17.8. The van der Waals surface area contributed by atoms with Gasteiger partial charge < -0.3 is 14.9 Å². The molecular formula is C31H37ClN2O3. The van der Waals surface area contributed by atoms with Crippen molar-refractivity contribution in [2.24, 2.45) is 0 Å². The summed E-state index contributed by atoms with van der Waals surface area (Å²) in [6.45, 7) is 8.40. The zero-order chi connectivity index (χ0) is 26.3. The first kappa shape index (κ1) is 26.0. The molecule has 3 aliphatic rings. The smallest absolute Gasteiger partial charge is 0.254 e. The molecule has 6 heteroatoms. The number of allylic oxidation sites excluding steroid dienone is 2. The molecule has 1 N–H and O–H groups in total. The van der Waals surface area contributed by atoms with Crippen LogP contribution in [0.15, 0.2) is 48.0 Å².